The third kappa shape index (κ3) is 4.41. The fraction of sp³-hybridized carbons (Fsp3) is 0.400. The fourth-order valence-electron chi connectivity index (χ4n) is 2.98. The minimum atomic E-state index is 0.0889. The van der Waals surface area contributed by atoms with Crippen molar-refractivity contribution in [2.75, 3.05) is 5.32 Å². The number of aryl methyl sites for hydroxylation is 5. The maximum absolute atomic E-state index is 12.2. The molecule has 0 aliphatic carbocycles. The van der Waals surface area contributed by atoms with Crippen molar-refractivity contribution < 1.29 is 9.36 Å². The highest BCUT2D eigenvalue weighted by Crippen LogP contribution is 2.22. The molecule has 0 aliphatic heterocycles. The molecule has 1 aromatic heterocycles. The van der Waals surface area contributed by atoms with E-state index in [2.05, 4.69) is 61.1 Å². The van der Waals surface area contributed by atoms with Crippen molar-refractivity contribution in [3.05, 3.63) is 58.4 Å². The van der Waals surface area contributed by atoms with Gasteiger partial charge < -0.3 is 5.32 Å². The summed E-state index contributed by atoms with van der Waals surface area (Å²) in [6, 6.07) is 8.38. The zero-order chi connectivity index (χ0) is 17.0. The number of nitrogens with zero attached hydrogens (tertiary/aromatic N) is 1. The van der Waals surface area contributed by atoms with E-state index in [0.717, 1.165) is 29.8 Å². The summed E-state index contributed by atoms with van der Waals surface area (Å²) in [5, 5.41) is 3.07. The molecule has 0 radical (unpaired) electrons. The van der Waals surface area contributed by atoms with Crippen LogP contribution in [-0.2, 0) is 11.3 Å². The Morgan fingerprint density at radius 3 is 2.35 bits per heavy atom. The van der Waals surface area contributed by atoms with E-state index in [9.17, 15) is 4.79 Å². The van der Waals surface area contributed by atoms with E-state index in [1.54, 1.807) is 0 Å². The standard InChI is InChI=1S/C20H26N2O/c1-14-12-16(3)20(17(4)13-14)21-19(23)9-7-11-22-10-6-8-15(2)18(22)5/h6,8,10,12-13H,7,9,11H2,1-5H3/p+1. The average molecular weight is 311 g/mol. The van der Waals surface area contributed by atoms with E-state index in [1.807, 2.05) is 13.8 Å². The quantitative estimate of drug-likeness (QED) is 0.834. The number of nitrogens with one attached hydrogen (secondary N) is 1. The maximum atomic E-state index is 12.2. The monoisotopic (exact) mass is 311 g/mol. The third-order valence-corrected chi connectivity index (χ3v) is 4.36. The number of pyridine rings is 1. The molecular weight excluding hydrogens is 284 g/mol. The molecule has 23 heavy (non-hydrogen) atoms. The SMILES string of the molecule is Cc1cc(C)c(NC(=O)CCC[n+]2cccc(C)c2C)c(C)c1. The Hall–Kier alpha value is -2.16. The van der Waals surface area contributed by atoms with E-state index in [0.29, 0.717) is 6.42 Å². The summed E-state index contributed by atoms with van der Waals surface area (Å²) in [7, 11) is 0. The molecule has 2 rings (SSSR count). The third-order valence-electron chi connectivity index (χ3n) is 4.36. The summed E-state index contributed by atoms with van der Waals surface area (Å²) in [4.78, 5) is 12.2. The first-order chi connectivity index (χ1) is 10.9. The number of amides is 1. The van der Waals surface area contributed by atoms with Gasteiger partial charge in [-0.25, -0.2) is 4.57 Å². The van der Waals surface area contributed by atoms with Crippen molar-refractivity contribution in [2.24, 2.45) is 0 Å². The zero-order valence-electron chi connectivity index (χ0n) is 14.9. The van der Waals surface area contributed by atoms with Crippen molar-refractivity contribution in [1.29, 1.82) is 0 Å². The van der Waals surface area contributed by atoms with Crippen molar-refractivity contribution in [1.82, 2.24) is 0 Å². The normalized spacial score (nSPS) is 10.7. The van der Waals surface area contributed by atoms with Gasteiger partial charge in [0.1, 0.15) is 6.54 Å². The van der Waals surface area contributed by atoms with E-state index in [1.165, 1.54) is 16.8 Å². The first-order valence-corrected chi connectivity index (χ1v) is 8.22. The second-order valence-corrected chi connectivity index (χ2v) is 6.40. The minimum Gasteiger partial charge on any atom is -0.326 e. The van der Waals surface area contributed by atoms with Gasteiger partial charge in [0.2, 0.25) is 5.91 Å². The van der Waals surface area contributed by atoms with Crippen LogP contribution in [0.15, 0.2) is 30.5 Å². The van der Waals surface area contributed by atoms with Gasteiger partial charge in [0, 0.05) is 37.1 Å². The van der Waals surface area contributed by atoms with E-state index in [-0.39, 0.29) is 5.91 Å². The Morgan fingerprint density at radius 2 is 1.70 bits per heavy atom. The van der Waals surface area contributed by atoms with Crippen LogP contribution in [0.25, 0.3) is 0 Å². The summed E-state index contributed by atoms with van der Waals surface area (Å²) in [6.07, 6.45) is 3.45. The molecule has 1 N–H and O–H groups in total. The molecule has 0 fully saturated rings. The lowest BCUT2D eigenvalue weighted by atomic mass is 10.0. The molecule has 0 atom stereocenters. The summed E-state index contributed by atoms with van der Waals surface area (Å²) < 4.78 is 2.21. The summed E-state index contributed by atoms with van der Waals surface area (Å²) in [5.74, 6) is 0.0889. The molecule has 0 unspecified atom stereocenters. The average Bonchev–Trinajstić information content (AvgIpc) is 2.47. The van der Waals surface area contributed by atoms with Gasteiger partial charge in [0.25, 0.3) is 0 Å². The smallest absolute Gasteiger partial charge is 0.224 e. The summed E-state index contributed by atoms with van der Waals surface area (Å²) in [5.41, 5.74) is 6.98. The Kier molecular flexibility index (Phi) is 5.54. The van der Waals surface area contributed by atoms with Crippen LogP contribution in [0.4, 0.5) is 5.69 Å². The Morgan fingerprint density at radius 1 is 1.04 bits per heavy atom. The van der Waals surface area contributed by atoms with Crippen molar-refractivity contribution >= 4 is 11.6 Å². The first kappa shape index (κ1) is 17.2. The van der Waals surface area contributed by atoms with Crippen LogP contribution >= 0.6 is 0 Å². The molecule has 1 amide bonds. The zero-order valence-corrected chi connectivity index (χ0v) is 14.9. The molecular formula is C20H27N2O+. The van der Waals surface area contributed by atoms with Crippen LogP contribution in [0.2, 0.25) is 0 Å². The van der Waals surface area contributed by atoms with Gasteiger partial charge in [-0.2, -0.15) is 0 Å². The number of benzene rings is 1. The van der Waals surface area contributed by atoms with E-state index >= 15 is 0 Å². The summed E-state index contributed by atoms with van der Waals surface area (Å²) >= 11 is 0. The van der Waals surface area contributed by atoms with Gasteiger partial charge in [-0.1, -0.05) is 17.7 Å². The Balaban J connectivity index is 1.92. The second-order valence-electron chi connectivity index (χ2n) is 6.40. The molecule has 1 aromatic carbocycles. The number of aromatic nitrogens is 1. The van der Waals surface area contributed by atoms with Gasteiger partial charge in [-0.15, -0.1) is 0 Å². The molecule has 0 bridgehead atoms. The molecule has 2 aromatic rings. The van der Waals surface area contributed by atoms with Crippen molar-refractivity contribution in [3.63, 3.8) is 0 Å². The first-order valence-electron chi connectivity index (χ1n) is 8.22. The van der Waals surface area contributed by atoms with Gasteiger partial charge >= 0.3 is 0 Å². The van der Waals surface area contributed by atoms with Gasteiger partial charge in [-0.05, 0) is 44.9 Å². The predicted molar refractivity (Wildman–Crippen MR) is 94.6 cm³/mol. The van der Waals surface area contributed by atoms with Gasteiger partial charge in [-0.3, -0.25) is 4.79 Å². The number of carbonyl (C=O) groups excluding carboxylic acids is 1. The molecule has 1 heterocycles. The molecule has 0 saturated carbocycles. The molecule has 0 saturated heterocycles. The van der Waals surface area contributed by atoms with Gasteiger partial charge in [0.05, 0.1) is 0 Å². The van der Waals surface area contributed by atoms with Crippen molar-refractivity contribution in [3.8, 4) is 0 Å². The Bertz CT molecular complexity index is 697. The lowest BCUT2D eigenvalue weighted by Gasteiger charge is -2.12. The van der Waals surface area contributed by atoms with Gasteiger partial charge in [0.15, 0.2) is 11.9 Å². The molecule has 3 heteroatoms. The molecule has 122 valence electrons. The van der Waals surface area contributed by atoms with Crippen LogP contribution < -0.4 is 9.88 Å². The molecule has 0 spiro atoms. The number of rotatable bonds is 5. The number of carbonyl (C=O) groups is 1. The molecule has 3 nitrogen and oxygen atoms in total. The Labute approximate surface area is 139 Å². The van der Waals surface area contributed by atoms with Crippen LogP contribution in [0.5, 0.6) is 0 Å². The van der Waals surface area contributed by atoms with E-state index < -0.39 is 0 Å². The maximum Gasteiger partial charge on any atom is 0.224 e. The highest BCUT2D eigenvalue weighted by Gasteiger charge is 2.11. The minimum absolute atomic E-state index is 0.0889. The lowest BCUT2D eigenvalue weighted by Crippen LogP contribution is -2.37. The largest absolute Gasteiger partial charge is 0.326 e. The van der Waals surface area contributed by atoms with E-state index in [4.69, 9.17) is 0 Å². The van der Waals surface area contributed by atoms with Crippen molar-refractivity contribution in [2.45, 2.75) is 54.0 Å². The lowest BCUT2D eigenvalue weighted by molar-refractivity contribution is -0.703. The number of anilines is 1. The number of hydrogen-bond acceptors (Lipinski definition) is 1. The summed E-state index contributed by atoms with van der Waals surface area (Å²) in [6.45, 7) is 11.3. The predicted octanol–water partition coefficient (Wildman–Crippen LogP) is 3.94. The van der Waals surface area contributed by atoms with Crippen LogP contribution in [0.1, 0.15) is 40.8 Å². The second kappa shape index (κ2) is 7.40. The van der Waals surface area contributed by atoms with Crippen LogP contribution in [-0.4, -0.2) is 5.91 Å². The highest BCUT2D eigenvalue weighted by atomic mass is 16.1. The number of hydrogen-bond donors (Lipinski definition) is 1. The topological polar surface area (TPSA) is 33.0 Å². The van der Waals surface area contributed by atoms with Crippen LogP contribution in [0, 0.1) is 34.6 Å². The molecule has 0 aliphatic rings. The van der Waals surface area contributed by atoms with Crippen LogP contribution in [0.3, 0.4) is 0 Å². The highest BCUT2D eigenvalue weighted by molar-refractivity contribution is 5.92. The fourth-order valence-corrected chi connectivity index (χ4v) is 2.98.